The topological polar surface area (TPSA) is 34.9 Å². The molecule has 0 bridgehead atoms. The Hall–Kier alpha value is -3.20. The zero-order valence-corrected chi connectivity index (χ0v) is 13.1. The molecule has 0 saturated heterocycles. The van der Waals surface area contributed by atoms with Gasteiger partial charge in [-0.25, -0.2) is 4.98 Å². The molecule has 3 aromatic carbocycles. The van der Waals surface area contributed by atoms with Gasteiger partial charge in [0.25, 0.3) is 5.56 Å². The lowest BCUT2D eigenvalue weighted by atomic mass is 10.1. The molecule has 3 heteroatoms. The number of hydrogen-bond donors (Lipinski definition) is 0. The van der Waals surface area contributed by atoms with E-state index in [9.17, 15) is 4.79 Å². The summed E-state index contributed by atoms with van der Waals surface area (Å²) < 4.78 is 1.81. The van der Waals surface area contributed by atoms with E-state index in [1.807, 2.05) is 84.9 Å². The van der Waals surface area contributed by atoms with Crippen molar-refractivity contribution < 1.29 is 0 Å². The van der Waals surface area contributed by atoms with Gasteiger partial charge < -0.3 is 4.57 Å². The Labute approximate surface area is 139 Å². The fourth-order valence-electron chi connectivity index (χ4n) is 2.90. The van der Waals surface area contributed by atoms with Gasteiger partial charge in [-0.2, -0.15) is 0 Å². The minimum absolute atomic E-state index is 0.0660. The van der Waals surface area contributed by atoms with Crippen molar-refractivity contribution in [2.24, 2.45) is 0 Å². The lowest BCUT2D eigenvalue weighted by Gasteiger charge is -2.12. The summed E-state index contributed by atoms with van der Waals surface area (Å²) in [6.07, 6.45) is 0. The van der Waals surface area contributed by atoms with Gasteiger partial charge >= 0.3 is 0 Å². The van der Waals surface area contributed by atoms with Crippen LogP contribution in [0.15, 0.2) is 89.7 Å². The molecule has 0 N–H and O–H groups in total. The Morgan fingerprint density at radius 1 is 0.750 bits per heavy atom. The maximum atomic E-state index is 13.1. The van der Waals surface area contributed by atoms with Gasteiger partial charge in [0, 0.05) is 5.56 Å². The van der Waals surface area contributed by atoms with Gasteiger partial charge in [0.2, 0.25) is 0 Å². The van der Waals surface area contributed by atoms with Gasteiger partial charge in [0.05, 0.1) is 17.6 Å². The SMILES string of the molecule is O=c1c(-c2ccccc2)nc2ccccc2n1Cc1ccccc1. The summed E-state index contributed by atoms with van der Waals surface area (Å²) in [5.41, 5.74) is 4.04. The van der Waals surface area contributed by atoms with Crippen LogP contribution in [0.25, 0.3) is 22.3 Å². The molecule has 0 saturated carbocycles. The van der Waals surface area contributed by atoms with Crippen molar-refractivity contribution in [3.8, 4) is 11.3 Å². The standard InChI is InChI=1S/C21H16N2O/c24-21-20(17-11-5-2-6-12-17)22-18-13-7-8-14-19(18)23(21)15-16-9-3-1-4-10-16/h1-14H,15H2. The molecular weight excluding hydrogens is 296 g/mol. The van der Waals surface area contributed by atoms with Crippen LogP contribution in [0.1, 0.15) is 5.56 Å². The van der Waals surface area contributed by atoms with Crippen LogP contribution in [0, 0.1) is 0 Å². The van der Waals surface area contributed by atoms with Crippen molar-refractivity contribution in [3.63, 3.8) is 0 Å². The molecule has 4 aromatic rings. The molecule has 0 amide bonds. The van der Waals surface area contributed by atoms with Crippen LogP contribution >= 0.6 is 0 Å². The van der Waals surface area contributed by atoms with Crippen molar-refractivity contribution in [1.82, 2.24) is 9.55 Å². The average molecular weight is 312 g/mol. The van der Waals surface area contributed by atoms with E-state index in [1.54, 1.807) is 4.57 Å². The van der Waals surface area contributed by atoms with E-state index < -0.39 is 0 Å². The van der Waals surface area contributed by atoms with Crippen molar-refractivity contribution in [2.45, 2.75) is 6.54 Å². The second kappa shape index (κ2) is 6.13. The third kappa shape index (κ3) is 2.61. The number of hydrogen-bond acceptors (Lipinski definition) is 2. The lowest BCUT2D eigenvalue weighted by Crippen LogP contribution is -2.24. The minimum Gasteiger partial charge on any atom is -0.300 e. The summed E-state index contributed by atoms with van der Waals surface area (Å²) in [6.45, 7) is 0.530. The average Bonchev–Trinajstić information content (AvgIpc) is 2.65. The van der Waals surface area contributed by atoms with Gasteiger partial charge in [-0.05, 0) is 17.7 Å². The smallest absolute Gasteiger partial charge is 0.277 e. The van der Waals surface area contributed by atoms with Gasteiger partial charge in [-0.1, -0.05) is 72.8 Å². The fourth-order valence-corrected chi connectivity index (χ4v) is 2.90. The van der Waals surface area contributed by atoms with E-state index in [-0.39, 0.29) is 5.56 Å². The molecule has 0 fully saturated rings. The van der Waals surface area contributed by atoms with Crippen LogP contribution in [0.4, 0.5) is 0 Å². The van der Waals surface area contributed by atoms with E-state index in [1.165, 1.54) is 0 Å². The van der Waals surface area contributed by atoms with Gasteiger partial charge in [0.1, 0.15) is 5.69 Å². The van der Waals surface area contributed by atoms with Crippen LogP contribution < -0.4 is 5.56 Å². The number of nitrogens with zero attached hydrogens (tertiary/aromatic N) is 2. The highest BCUT2D eigenvalue weighted by Gasteiger charge is 2.12. The highest BCUT2D eigenvalue weighted by molar-refractivity contribution is 5.77. The predicted molar refractivity (Wildman–Crippen MR) is 97.0 cm³/mol. The van der Waals surface area contributed by atoms with E-state index in [0.717, 1.165) is 22.2 Å². The molecule has 24 heavy (non-hydrogen) atoms. The first-order chi connectivity index (χ1) is 11.8. The summed E-state index contributed by atoms with van der Waals surface area (Å²) in [5.74, 6) is 0. The molecule has 0 radical (unpaired) electrons. The fraction of sp³-hybridized carbons (Fsp3) is 0.0476. The molecule has 0 atom stereocenters. The highest BCUT2D eigenvalue weighted by atomic mass is 16.1. The first-order valence-electron chi connectivity index (χ1n) is 7.92. The third-order valence-corrected chi connectivity index (χ3v) is 4.08. The van der Waals surface area contributed by atoms with Crippen LogP contribution in [0.3, 0.4) is 0 Å². The van der Waals surface area contributed by atoms with Gasteiger partial charge in [0.15, 0.2) is 0 Å². The number of para-hydroxylation sites is 2. The van der Waals surface area contributed by atoms with Crippen molar-refractivity contribution in [3.05, 3.63) is 101 Å². The second-order valence-corrected chi connectivity index (χ2v) is 5.69. The normalized spacial score (nSPS) is 10.8. The van der Waals surface area contributed by atoms with Crippen LogP contribution in [0.2, 0.25) is 0 Å². The van der Waals surface area contributed by atoms with Gasteiger partial charge in [-0.15, -0.1) is 0 Å². The van der Waals surface area contributed by atoms with E-state index >= 15 is 0 Å². The zero-order chi connectivity index (χ0) is 16.4. The van der Waals surface area contributed by atoms with E-state index in [2.05, 4.69) is 4.98 Å². The molecule has 1 heterocycles. The molecule has 1 aromatic heterocycles. The van der Waals surface area contributed by atoms with Crippen LogP contribution in [-0.4, -0.2) is 9.55 Å². The summed E-state index contributed by atoms with van der Waals surface area (Å²) in [6, 6.07) is 27.4. The van der Waals surface area contributed by atoms with Crippen molar-refractivity contribution in [2.75, 3.05) is 0 Å². The lowest BCUT2D eigenvalue weighted by molar-refractivity contribution is 0.789. The number of fused-ring (bicyclic) bond motifs is 1. The maximum Gasteiger partial charge on any atom is 0.277 e. The second-order valence-electron chi connectivity index (χ2n) is 5.69. The molecule has 116 valence electrons. The summed E-state index contributed by atoms with van der Waals surface area (Å²) in [5, 5.41) is 0. The molecule has 0 aliphatic heterocycles. The Kier molecular flexibility index (Phi) is 3.67. The first kappa shape index (κ1) is 14.4. The summed E-state index contributed by atoms with van der Waals surface area (Å²) in [4.78, 5) is 17.7. The Bertz CT molecular complexity index is 1040. The van der Waals surface area contributed by atoms with Crippen molar-refractivity contribution in [1.29, 1.82) is 0 Å². The van der Waals surface area contributed by atoms with E-state index in [0.29, 0.717) is 12.2 Å². The third-order valence-electron chi connectivity index (χ3n) is 4.08. The minimum atomic E-state index is -0.0660. The zero-order valence-electron chi connectivity index (χ0n) is 13.1. The van der Waals surface area contributed by atoms with Crippen LogP contribution in [-0.2, 0) is 6.54 Å². The Balaban J connectivity index is 1.97. The molecule has 4 rings (SSSR count). The maximum absolute atomic E-state index is 13.1. The highest BCUT2D eigenvalue weighted by Crippen LogP contribution is 2.18. The quantitative estimate of drug-likeness (QED) is 0.570. The Morgan fingerprint density at radius 3 is 2.12 bits per heavy atom. The number of rotatable bonds is 3. The van der Waals surface area contributed by atoms with E-state index in [4.69, 9.17) is 0 Å². The number of benzene rings is 3. The molecule has 0 unspecified atom stereocenters. The van der Waals surface area contributed by atoms with Crippen molar-refractivity contribution >= 4 is 11.0 Å². The molecule has 3 nitrogen and oxygen atoms in total. The molecular formula is C21H16N2O. The summed E-state index contributed by atoms with van der Waals surface area (Å²) in [7, 11) is 0. The molecule has 0 aliphatic carbocycles. The first-order valence-corrected chi connectivity index (χ1v) is 7.92. The Morgan fingerprint density at radius 2 is 1.38 bits per heavy atom. The largest absolute Gasteiger partial charge is 0.300 e. The monoisotopic (exact) mass is 312 g/mol. The molecule has 0 aliphatic rings. The predicted octanol–water partition coefficient (Wildman–Crippen LogP) is 4.11. The van der Waals surface area contributed by atoms with Crippen LogP contribution in [0.5, 0.6) is 0 Å². The molecule has 0 spiro atoms. The summed E-state index contributed by atoms with van der Waals surface area (Å²) >= 11 is 0. The van der Waals surface area contributed by atoms with Gasteiger partial charge in [-0.3, -0.25) is 4.79 Å². The number of aromatic nitrogens is 2.